The largest absolute Gasteiger partial charge is 0.494 e. The van der Waals surface area contributed by atoms with Crippen LogP contribution in [0.2, 0.25) is 0 Å². The molecule has 0 N–H and O–H groups in total. The van der Waals surface area contributed by atoms with E-state index in [1.54, 1.807) is 24.0 Å². The second-order valence-corrected chi connectivity index (χ2v) is 5.92. The molecule has 5 heteroatoms. The Kier molecular flexibility index (Phi) is 10.9. The minimum Gasteiger partial charge on any atom is -0.494 e. The molecular formula is C21H31NO4. The van der Waals surface area contributed by atoms with Crippen molar-refractivity contribution in [2.45, 2.75) is 46.5 Å². The van der Waals surface area contributed by atoms with Gasteiger partial charge in [-0.05, 0) is 44.0 Å². The number of esters is 1. The van der Waals surface area contributed by atoms with Crippen LogP contribution in [0.1, 0.15) is 52.0 Å². The van der Waals surface area contributed by atoms with Crippen LogP contribution in [-0.4, -0.2) is 43.1 Å². The topological polar surface area (TPSA) is 55.8 Å². The molecule has 0 aromatic heterocycles. The van der Waals surface area contributed by atoms with Crippen molar-refractivity contribution in [2.75, 3.05) is 26.3 Å². The highest BCUT2D eigenvalue weighted by atomic mass is 16.5. The molecule has 0 saturated heterocycles. The minimum atomic E-state index is -0.267. The van der Waals surface area contributed by atoms with E-state index in [0.717, 1.165) is 30.6 Å². The maximum atomic E-state index is 12.5. The molecule has 1 aromatic rings. The summed E-state index contributed by atoms with van der Waals surface area (Å²) in [5, 5.41) is 0. The highest BCUT2D eigenvalue weighted by Gasteiger charge is 2.13. The van der Waals surface area contributed by atoms with E-state index in [4.69, 9.17) is 9.47 Å². The van der Waals surface area contributed by atoms with Crippen molar-refractivity contribution < 1.29 is 19.1 Å². The van der Waals surface area contributed by atoms with Crippen molar-refractivity contribution in [1.29, 1.82) is 0 Å². The molecule has 1 rings (SSSR count). The number of carbonyl (C=O) groups is 2. The molecule has 0 aliphatic carbocycles. The maximum absolute atomic E-state index is 12.5. The summed E-state index contributed by atoms with van der Waals surface area (Å²) in [7, 11) is 0. The summed E-state index contributed by atoms with van der Waals surface area (Å²) in [5.74, 6) is 0.460. The van der Waals surface area contributed by atoms with Gasteiger partial charge in [0.2, 0.25) is 5.91 Å². The van der Waals surface area contributed by atoms with Gasteiger partial charge in [0.15, 0.2) is 0 Å². The second-order valence-electron chi connectivity index (χ2n) is 5.92. The molecule has 0 fully saturated rings. The fraction of sp³-hybridized carbons (Fsp3) is 0.524. The number of ether oxygens (including phenoxy) is 2. The molecular weight excluding hydrogens is 330 g/mol. The molecule has 0 unspecified atom stereocenters. The zero-order chi connectivity index (χ0) is 19.2. The quantitative estimate of drug-likeness (QED) is 0.320. The van der Waals surface area contributed by atoms with Crippen molar-refractivity contribution in [1.82, 2.24) is 4.90 Å². The summed E-state index contributed by atoms with van der Waals surface area (Å²) < 4.78 is 10.4. The maximum Gasteiger partial charge on any atom is 0.307 e. The molecule has 0 spiro atoms. The Labute approximate surface area is 157 Å². The average molecular weight is 361 g/mol. The first-order chi connectivity index (χ1) is 12.6. The van der Waals surface area contributed by atoms with Gasteiger partial charge in [-0.3, -0.25) is 9.59 Å². The van der Waals surface area contributed by atoms with Crippen LogP contribution in [-0.2, 0) is 14.3 Å². The van der Waals surface area contributed by atoms with E-state index >= 15 is 0 Å². The highest BCUT2D eigenvalue weighted by molar-refractivity contribution is 5.92. The Balaban J connectivity index is 2.65. The Bertz CT molecular complexity index is 566. The Morgan fingerprint density at radius 1 is 1.00 bits per heavy atom. The molecule has 0 radical (unpaired) electrons. The summed E-state index contributed by atoms with van der Waals surface area (Å²) in [6, 6.07) is 7.59. The number of hydrogen-bond donors (Lipinski definition) is 0. The van der Waals surface area contributed by atoms with Crippen molar-refractivity contribution in [2.24, 2.45) is 0 Å². The van der Waals surface area contributed by atoms with Crippen molar-refractivity contribution in [3.63, 3.8) is 0 Å². The third-order valence-corrected chi connectivity index (χ3v) is 3.84. The normalized spacial score (nSPS) is 10.7. The lowest BCUT2D eigenvalue weighted by Gasteiger charge is -2.20. The van der Waals surface area contributed by atoms with Crippen LogP contribution in [0.25, 0.3) is 6.08 Å². The lowest BCUT2D eigenvalue weighted by Crippen LogP contribution is -2.33. The fourth-order valence-corrected chi connectivity index (χ4v) is 2.46. The van der Waals surface area contributed by atoms with Crippen LogP contribution in [0, 0.1) is 0 Å². The Hall–Kier alpha value is -2.30. The van der Waals surface area contributed by atoms with Crippen LogP contribution in [0.4, 0.5) is 0 Å². The van der Waals surface area contributed by atoms with E-state index in [-0.39, 0.29) is 18.3 Å². The van der Waals surface area contributed by atoms with Gasteiger partial charge in [0.05, 0.1) is 19.6 Å². The van der Waals surface area contributed by atoms with Gasteiger partial charge in [-0.2, -0.15) is 0 Å². The zero-order valence-electron chi connectivity index (χ0n) is 16.2. The number of benzene rings is 1. The number of rotatable bonds is 12. The van der Waals surface area contributed by atoms with E-state index in [1.807, 2.05) is 31.2 Å². The fourth-order valence-electron chi connectivity index (χ4n) is 2.46. The number of unbranched alkanes of at least 4 members (excludes halogenated alkanes) is 2. The summed E-state index contributed by atoms with van der Waals surface area (Å²) in [5.41, 5.74) is 0.931. The summed E-state index contributed by atoms with van der Waals surface area (Å²) in [6.45, 7) is 7.87. The first-order valence-corrected chi connectivity index (χ1v) is 9.46. The SMILES string of the molecule is CCCCCN(CCC(=O)OCC)C(=O)/C=C/c1ccc(OCC)cc1. The molecule has 26 heavy (non-hydrogen) atoms. The molecule has 5 nitrogen and oxygen atoms in total. The number of amides is 1. The lowest BCUT2D eigenvalue weighted by molar-refractivity contribution is -0.143. The summed E-state index contributed by atoms with van der Waals surface area (Å²) in [4.78, 5) is 25.8. The summed E-state index contributed by atoms with van der Waals surface area (Å²) in [6.07, 6.45) is 6.65. The van der Waals surface area contributed by atoms with Gasteiger partial charge in [-0.25, -0.2) is 0 Å². The monoisotopic (exact) mass is 361 g/mol. The molecule has 1 amide bonds. The zero-order valence-corrected chi connectivity index (χ0v) is 16.2. The van der Waals surface area contributed by atoms with E-state index < -0.39 is 0 Å². The standard InChI is InChI=1S/C21H31NO4/c1-4-7-8-16-22(17-15-21(24)26-6-3)20(23)14-11-18-9-12-19(13-10-18)25-5-2/h9-14H,4-8,15-17H2,1-3H3/b14-11+. The average Bonchev–Trinajstić information content (AvgIpc) is 2.64. The van der Waals surface area contributed by atoms with E-state index in [0.29, 0.717) is 26.3 Å². The van der Waals surface area contributed by atoms with Gasteiger partial charge in [0, 0.05) is 19.2 Å². The third kappa shape index (κ3) is 8.70. The van der Waals surface area contributed by atoms with Gasteiger partial charge in [-0.1, -0.05) is 31.9 Å². The van der Waals surface area contributed by atoms with Crippen molar-refractivity contribution in [3.05, 3.63) is 35.9 Å². The van der Waals surface area contributed by atoms with Crippen LogP contribution < -0.4 is 4.74 Å². The highest BCUT2D eigenvalue weighted by Crippen LogP contribution is 2.13. The molecule has 0 bridgehead atoms. The van der Waals surface area contributed by atoms with Gasteiger partial charge < -0.3 is 14.4 Å². The lowest BCUT2D eigenvalue weighted by atomic mass is 10.2. The molecule has 0 heterocycles. The molecule has 144 valence electrons. The van der Waals surface area contributed by atoms with Crippen LogP contribution in [0.5, 0.6) is 5.75 Å². The molecule has 0 aliphatic rings. The predicted octanol–water partition coefficient (Wildman–Crippen LogP) is 4.07. The number of carbonyl (C=O) groups excluding carboxylic acids is 2. The van der Waals surface area contributed by atoms with Crippen LogP contribution >= 0.6 is 0 Å². The van der Waals surface area contributed by atoms with Gasteiger partial charge >= 0.3 is 5.97 Å². The summed E-state index contributed by atoms with van der Waals surface area (Å²) >= 11 is 0. The van der Waals surface area contributed by atoms with Crippen molar-refractivity contribution in [3.8, 4) is 5.75 Å². The predicted molar refractivity (Wildman–Crippen MR) is 104 cm³/mol. The van der Waals surface area contributed by atoms with Gasteiger partial charge in [0.1, 0.15) is 5.75 Å². The first kappa shape index (κ1) is 21.7. The smallest absolute Gasteiger partial charge is 0.307 e. The van der Waals surface area contributed by atoms with Gasteiger partial charge in [0.25, 0.3) is 0 Å². The number of hydrogen-bond acceptors (Lipinski definition) is 4. The van der Waals surface area contributed by atoms with Crippen molar-refractivity contribution >= 4 is 18.0 Å². The van der Waals surface area contributed by atoms with Crippen LogP contribution in [0.15, 0.2) is 30.3 Å². The van der Waals surface area contributed by atoms with Crippen LogP contribution in [0.3, 0.4) is 0 Å². The Morgan fingerprint density at radius 2 is 1.73 bits per heavy atom. The molecule has 0 aliphatic heterocycles. The minimum absolute atomic E-state index is 0.0840. The van der Waals surface area contributed by atoms with E-state index in [9.17, 15) is 9.59 Å². The molecule has 0 saturated carbocycles. The Morgan fingerprint density at radius 3 is 2.35 bits per heavy atom. The number of nitrogens with zero attached hydrogens (tertiary/aromatic N) is 1. The molecule has 0 atom stereocenters. The van der Waals surface area contributed by atoms with E-state index in [2.05, 4.69) is 6.92 Å². The van der Waals surface area contributed by atoms with E-state index in [1.165, 1.54) is 0 Å². The second kappa shape index (κ2) is 13.0. The van der Waals surface area contributed by atoms with Gasteiger partial charge in [-0.15, -0.1) is 0 Å². The molecule has 1 aromatic carbocycles. The third-order valence-electron chi connectivity index (χ3n) is 3.84. The first-order valence-electron chi connectivity index (χ1n) is 9.46.